The second-order valence-electron chi connectivity index (χ2n) is 3.40. The van der Waals surface area contributed by atoms with Gasteiger partial charge in [-0.1, -0.05) is 0 Å². The van der Waals surface area contributed by atoms with E-state index in [2.05, 4.69) is 5.32 Å². The van der Waals surface area contributed by atoms with Gasteiger partial charge in [0.1, 0.15) is 0 Å². The maximum atomic E-state index is 11.5. The maximum Gasteiger partial charge on any atom is 0.222 e. The molecule has 1 heterocycles. The maximum absolute atomic E-state index is 11.5. The average molecular weight is 196 g/mol. The van der Waals surface area contributed by atoms with E-state index in [9.17, 15) is 9.59 Å². The van der Waals surface area contributed by atoms with Gasteiger partial charge < -0.3 is 4.90 Å². The van der Waals surface area contributed by atoms with Crippen LogP contribution in [-0.4, -0.2) is 43.3 Å². The van der Waals surface area contributed by atoms with E-state index in [1.54, 1.807) is 0 Å². The van der Waals surface area contributed by atoms with E-state index in [0.717, 1.165) is 39.0 Å². The fourth-order valence-electron chi connectivity index (χ4n) is 1.49. The Bertz CT molecular complexity index is 189. The molecular weight excluding hydrogens is 180 g/mol. The number of nitrogens with zero attached hydrogens (tertiary/aromatic N) is 2. The molecule has 4 nitrogen and oxygen atoms in total. The van der Waals surface area contributed by atoms with Crippen LogP contribution in [0.5, 0.6) is 0 Å². The molecule has 0 spiro atoms. The molecule has 1 saturated heterocycles. The van der Waals surface area contributed by atoms with Crippen LogP contribution in [-0.2, 0) is 9.59 Å². The third kappa shape index (κ3) is 3.87. The molecule has 0 unspecified atom stereocenters. The van der Waals surface area contributed by atoms with Gasteiger partial charge in [-0.2, -0.15) is 0 Å². The Morgan fingerprint density at radius 1 is 1.29 bits per heavy atom. The minimum atomic E-state index is 0.200. The molecule has 1 fully saturated rings. The van der Waals surface area contributed by atoms with Crippen LogP contribution in [0, 0.1) is 0 Å². The first kappa shape index (κ1) is 11.2. The minimum absolute atomic E-state index is 0.200. The summed E-state index contributed by atoms with van der Waals surface area (Å²) >= 11 is 0. The summed E-state index contributed by atoms with van der Waals surface area (Å²) in [5.41, 5.74) is 0. The molecule has 1 amide bonds. The van der Waals surface area contributed by atoms with E-state index in [4.69, 9.17) is 0 Å². The molecule has 0 aromatic carbocycles. The van der Waals surface area contributed by atoms with Crippen LogP contribution in [0.1, 0.15) is 25.7 Å². The Labute approximate surface area is 84.7 Å². The molecule has 1 rings (SSSR count). The molecule has 14 heavy (non-hydrogen) atoms. The van der Waals surface area contributed by atoms with E-state index < -0.39 is 0 Å². The molecule has 78 valence electrons. The van der Waals surface area contributed by atoms with Crippen LogP contribution >= 0.6 is 0 Å². The van der Waals surface area contributed by atoms with Crippen LogP contribution in [0.4, 0.5) is 0 Å². The lowest BCUT2D eigenvalue weighted by molar-refractivity contribution is -0.131. The van der Waals surface area contributed by atoms with Gasteiger partial charge in [0.15, 0.2) is 6.29 Å². The van der Waals surface area contributed by atoms with Crippen molar-refractivity contribution in [2.45, 2.75) is 25.7 Å². The molecular formula is C10H16N2O2. The summed E-state index contributed by atoms with van der Waals surface area (Å²) < 4.78 is 0. The van der Waals surface area contributed by atoms with Crippen LogP contribution < -0.4 is 5.32 Å². The van der Waals surface area contributed by atoms with Gasteiger partial charge in [0.25, 0.3) is 0 Å². The lowest BCUT2D eigenvalue weighted by atomic mass is 10.2. The topological polar surface area (TPSA) is 51.5 Å². The van der Waals surface area contributed by atoms with Crippen LogP contribution in [0.2, 0.25) is 0 Å². The number of unbranched alkanes of at least 4 members (excludes halogenated alkanes) is 2. The molecule has 0 N–H and O–H groups in total. The van der Waals surface area contributed by atoms with Crippen molar-refractivity contribution in [2.24, 2.45) is 0 Å². The highest BCUT2D eigenvalue weighted by atomic mass is 16.2. The molecule has 0 atom stereocenters. The van der Waals surface area contributed by atoms with Crippen LogP contribution in [0.3, 0.4) is 0 Å². The van der Waals surface area contributed by atoms with Gasteiger partial charge in [0, 0.05) is 39.0 Å². The summed E-state index contributed by atoms with van der Waals surface area (Å²) in [5.74, 6) is 0.200. The van der Waals surface area contributed by atoms with Crippen molar-refractivity contribution in [2.75, 3.05) is 26.2 Å². The summed E-state index contributed by atoms with van der Waals surface area (Å²) in [6, 6.07) is 0. The van der Waals surface area contributed by atoms with Gasteiger partial charge in [0.2, 0.25) is 5.91 Å². The van der Waals surface area contributed by atoms with E-state index in [-0.39, 0.29) is 5.91 Å². The van der Waals surface area contributed by atoms with Crippen molar-refractivity contribution in [3.8, 4) is 0 Å². The molecule has 1 aliphatic rings. The predicted molar refractivity (Wildman–Crippen MR) is 52.6 cm³/mol. The van der Waals surface area contributed by atoms with Gasteiger partial charge in [-0.25, -0.2) is 5.32 Å². The lowest BCUT2D eigenvalue weighted by Gasteiger charge is -2.26. The first-order valence-electron chi connectivity index (χ1n) is 5.10. The van der Waals surface area contributed by atoms with Gasteiger partial charge in [-0.05, 0) is 12.8 Å². The standard InChI is InChI=1S/C10H16N2O2/c13-9-3-1-2-4-10(14)12-7-5-11-6-8-12/h1-8H2. The first-order chi connectivity index (χ1) is 6.84. The number of hydrogen-bond donors (Lipinski definition) is 0. The second-order valence-corrected chi connectivity index (χ2v) is 3.40. The smallest absolute Gasteiger partial charge is 0.222 e. The summed E-state index contributed by atoms with van der Waals surface area (Å²) in [6.45, 7) is 3.07. The fraction of sp³-hybridized carbons (Fsp3) is 0.800. The van der Waals surface area contributed by atoms with Gasteiger partial charge in [-0.3, -0.25) is 9.59 Å². The number of carbonyl (C=O) groups excluding carboxylic acids is 2. The molecule has 2 radical (unpaired) electrons. The normalized spacial score (nSPS) is 16.7. The Morgan fingerprint density at radius 2 is 2.00 bits per heavy atom. The summed E-state index contributed by atoms with van der Waals surface area (Å²) in [4.78, 5) is 23.3. The van der Waals surface area contributed by atoms with Crippen LogP contribution in [0.25, 0.3) is 0 Å². The van der Waals surface area contributed by atoms with E-state index in [1.807, 2.05) is 11.2 Å². The van der Waals surface area contributed by atoms with Gasteiger partial charge >= 0.3 is 0 Å². The Balaban J connectivity index is 2.10. The van der Waals surface area contributed by atoms with Gasteiger partial charge in [0.05, 0.1) is 0 Å². The van der Waals surface area contributed by atoms with Crippen molar-refractivity contribution in [1.29, 1.82) is 0 Å². The van der Waals surface area contributed by atoms with E-state index in [0.29, 0.717) is 12.8 Å². The Morgan fingerprint density at radius 3 is 2.64 bits per heavy atom. The third-order valence-corrected chi connectivity index (χ3v) is 2.33. The first-order valence-corrected chi connectivity index (χ1v) is 5.10. The van der Waals surface area contributed by atoms with Crippen molar-refractivity contribution in [1.82, 2.24) is 10.2 Å². The largest absolute Gasteiger partial charge is 0.340 e. The van der Waals surface area contributed by atoms with E-state index >= 15 is 0 Å². The third-order valence-electron chi connectivity index (χ3n) is 2.33. The molecule has 0 saturated carbocycles. The summed E-state index contributed by atoms with van der Waals surface area (Å²) in [5, 5.41) is 4.17. The quantitative estimate of drug-likeness (QED) is 0.586. The highest BCUT2D eigenvalue weighted by Gasteiger charge is 2.15. The number of amides is 1. The molecule has 0 bridgehead atoms. The van der Waals surface area contributed by atoms with Crippen molar-refractivity contribution in [3.05, 3.63) is 0 Å². The molecule has 1 aliphatic heterocycles. The summed E-state index contributed by atoms with van der Waals surface area (Å²) in [7, 11) is 0. The van der Waals surface area contributed by atoms with Crippen molar-refractivity contribution < 1.29 is 9.59 Å². The fourth-order valence-corrected chi connectivity index (χ4v) is 1.49. The Hall–Kier alpha value is -0.900. The van der Waals surface area contributed by atoms with Gasteiger partial charge in [-0.15, -0.1) is 0 Å². The zero-order chi connectivity index (χ0) is 10.2. The predicted octanol–water partition coefficient (Wildman–Crippen LogP) is 0.103. The molecule has 4 heteroatoms. The minimum Gasteiger partial charge on any atom is -0.340 e. The van der Waals surface area contributed by atoms with Crippen LogP contribution in [0.15, 0.2) is 0 Å². The number of hydrogen-bond acceptors (Lipinski definition) is 2. The number of carbonyl (C=O) groups is 1. The van der Waals surface area contributed by atoms with Crippen molar-refractivity contribution >= 4 is 12.2 Å². The zero-order valence-corrected chi connectivity index (χ0v) is 8.37. The molecule has 0 aliphatic carbocycles. The lowest BCUT2D eigenvalue weighted by Crippen LogP contribution is -2.43. The second kappa shape index (κ2) is 6.54. The molecule has 0 aromatic heterocycles. The SMILES string of the molecule is O=[C]CCCCC(=O)N1CC[N]CC1. The average Bonchev–Trinajstić information content (AvgIpc) is 2.25. The number of rotatable bonds is 5. The zero-order valence-electron chi connectivity index (χ0n) is 8.37. The highest BCUT2D eigenvalue weighted by Crippen LogP contribution is 2.03. The molecule has 0 aromatic rings. The number of piperazine rings is 1. The monoisotopic (exact) mass is 196 g/mol. The Kier molecular flexibility index (Phi) is 5.22. The highest BCUT2D eigenvalue weighted by molar-refractivity contribution is 5.76. The van der Waals surface area contributed by atoms with Crippen molar-refractivity contribution in [3.63, 3.8) is 0 Å². The van der Waals surface area contributed by atoms with E-state index in [1.165, 1.54) is 0 Å². The summed E-state index contributed by atoms with van der Waals surface area (Å²) in [6.07, 6.45) is 4.40.